The van der Waals surface area contributed by atoms with E-state index in [4.69, 9.17) is 0 Å². The quantitative estimate of drug-likeness (QED) is 0.838. The largest absolute Gasteiger partial charge is 0.300 e. The Labute approximate surface area is 114 Å². The van der Waals surface area contributed by atoms with Gasteiger partial charge in [-0.15, -0.1) is 0 Å². The van der Waals surface area contributed by atoms with Crippen LogP contribution < -0.4 is 0 Å². The summed E-state index contributed by atoms with van der Waals surface area (Å²) in [5.74, 6) is 1.51. The van der Waals surface area contributed by atoms with Crippen LogP contribution in [0.2, 0.25) is 0 Å². The Hall–Kier alpha value is -0.480. The van der Waals surface area contributed by atoms with Crippen molar-refractivity contribution < 1.29 is 0 Å². The van der Waals surface area contributed by atoms with Gasteiger partial charge in [0.05, 0.1) is 23.1 Å². The first-order chi connectivity index (χ1) is 8.79. The molecule has 100 valence electrons. The summed E-state index contributed by atoms with van der Waals surface area (Å²) in [5.41, 5.74) is 2.64. The maximum absolute atomic E-state index is 4.64. The number of hydrogen-bond donors (Lipinski definition) is 0. The molecule has 2 aliphatic heterocycles. The van der Waals surface area contributed by atoms with Crippen LogP contribution in [0.15, 0.2) is 0 Å². The smallest absolute Gasteiger partial charge is 0.0821 e. The molecule has 2 bridgehead atoms. The lowest BCUT2D eigenvalue weighted by atomic mass is 9.86. The van der Waals surface area contributed by atoms with Crippen LogP contribution in [-0.4, -0.2) is 32.8 Å². The molecule has 18 heavy (non-hydrogen) atoms. The molecule has 0 amide bonds. The van der Waals surface area contributed by atoms with Gasteiger partial charge in [-0.3, -0.25) is 4.90 Å². The van der Waals surface area contributed by atoms with Crippen LogP contribution in [0.5, 0.6) is 0 Å². The number of rotatable bonds is 4. The van der Waals surface area contributed by atoms with Crippen molar-refractivity contribution in [1.29, 1.82) is 0 Å². The Morgan fingerprint density at radius 1 is 1.28 bits per heavy atom. The molecule has 4 unspecified atom stereocenters. The molecule has 3 nitrogen and oxygen atoms in total. The highest BCUT2D eigenvalue weighted by Crippen LogP contribution is 2.41. The van der Waals surface area contributed by atoms with Crippen LogP contribution in [0.3, 0.4) is 0 Å². The molecular weight excluding hydrogens is 242 g/mol. The maximum atomic E-state index is 4.64. The van der Waals surface area contributed by atoms with Crippen molar-refractivity contribution in [2.45, 2.75) is 57.9 Å². The number of aromatic nitrogens is 2. The Morgan fingerprint density at radius 2 is 2.17 bits per heavy atom. The lowest BCUT2D eigenvalue weighted by Crippen LogP contribution is -2.34. The third-order valence-corrected chi connectivity index (χ3v) is 5.33. The van der Waals surface area contributed by atoms with E-state index in [1.807, 2.05) is 0 Å². The minimum atomic E-state index is 0.667. The van der Waals surface area contributed by atoms with Crippen molar-refractivity contribution in [3.05, 3.63) is 11.4 Å². The Kier molecular flexibility index (Phi) is 3.66. The molecule has 0 radical (unpaired) electrons. The van der Waals surface area contributed by atoms with Gasteiger partial charge in [0.15, 0.2) is 0 Å². The van der Waals surface area contributed by atoms with Crippen LogP contribution in [0.1, 0.15) is 56.8 Å². The lowest BCUT2D eigenvalue weighted by molar-refractivity contribution is 0.195. The predicted octanol–water partition coefficient (Wildman–Crippen LogP) is 3.08. The van der Waals surface area contributed by atoms with Gasteiger partial charge in [-0.2, -0.15) is 8.75 Å². The first-order valence-electron chi connectivity index (χ1n) is 7.35. The molecule has 1 aromatic rings. The Bertz CT molecular complexity index is 403. The van der Waals surface area contributed by atoms with Crippen molar-refractivity contribution in [1.82, 2.24) is 13.6 Å². The molecule has 1 aromatic heterocycles. The summed E-state index contributed by atoms with van der Waals surface area (Å²) >= 11 is 1.42. The minimum Gasteiger partial charge on any atom is -0.300 e. The van der Waals surface area contributed by atoms with Gasteiger partial charge in [-0.25, -0.2) is 0 Å². The lowest BCUT2D eigenvalue weighted by Gasteiger charge is -2.28. The molecule has 0 N–H and O–H groups in total. The van der Waals surface area contributed by atoms with Gasteiger partial charge < -0.3 is 0 Å². The topological polar surface area (TPSA) is 29.0 Å². The zero-order valence-electron chi connectivity index (χ0n) is 11.4. The summed E-state index contributed by atoms with van der Waals surface area (Å²) < 4.78 is 9.18. The first kappa shape index (κ1) is 12.5. The van der Waals surface area contributed by atoms with Gasteiger partial charge in [-0.1, -0.05) is 13.3 Å². The van der Waals surface area contributed by atoms with Gasteiger partial charge in [0.25, 0.3) is 0 Å². The second-order valence-electron chi connectivity index (χ2n) is 5.95. The molecule has 3 heterocycles. The maximum Gasteiger partial charge on any atom is 0.0821 e. The van der Waals surface area contributed by atoms with E-state index >= 15 is 0 Å². The van der Waals surface area contributed by atoms with Crippen LogP contribution in [0, 0.1) is 5.92 Å². The average molecular weight is 265 g/mol. The van der Waals surface area contributed by atoms with Gasteiger partial charge in [0.2, 0.25) is 0 Å². The van der Waals surface area contributed by atoms with E-state index in [1.54, 1.807) is 0 Å². The zero-order chi connectivity index (χ0) is 12.5. The van der Waals surface area contributed by atoms with E-state index < -0.39 is 0 Å². The number of piperidine rings is 1. The van der Waals surface area contributed by atoms with E-state index in [2.05, 4.69) is 27.5 Å². The summed E-state index contributed by atoms with van der Waals surface area (Å²) in [6.07, 6.45) is 6.36. The predicted molar refractivity (Wildman–Crippen MR) is 75.0 cm³/mol. The summed E-state index contributed by atoms with van der Waals surface area (Å²) in [6.45, 7) is 7.12. The second kappa shape index (κ2) is 5.25. The van der Waals surface area contributed by atoms with Crippen LogP contribution in [0.25, 0.3) is 0 Å². The Morgan fingerprint density at radius 3 is 2.94 bits per heavy atom. The monoisotopic (exact) mass is 265 g/mol. The van der Waals surface area contributed by atoms with Crippen LogP contribution in [-0.2, 0) is 6.42 Å². The SMILES string of the molecule is CCCCc1nsnc1C1CN2CC1CCC2C. The molecule has 4 atom stereocenters. The van der Waals surface area contributed by atoms with Crippen molar-refractivity contribution in [3.63, 3.8) is 0 Å². The average Bonchev–Trinajstić information content (AvgIpc) is 2.96. The van der Waals surface area contributed by atoms with Crippen molar-refractivity contribution in [2.24, 2.45) is 5.92 Å². The van der Waals surface area contributed by atoms with Gasteiger partial charge in [-0.05, 0) is 38.5 Å². The molecule has 0 spiro atoms. The molecule has 0 aliphatic carbocycles. The fourth-order valence-corrected chi connectivity index (χ4v) is 4.17. The number of hydrogen-bond acceptors (Lipinski definition) is 4. The van der Waals surface area contributed by atoms with E-state index in [0.29, 0.717) is 5.92 Å². The molecule has 4 heteroatoms. The van der Waals surface area contributed by atoms with Crippen molar-refractivity contribution in [2.75, 3.05) is 13.1 Å². The van der Waals surface area contributed by atoms with Gasteiger partial charge >= 0.3 is 0 Å². The minimum absolute atomic E-state index is 0.667. The van der Waals surface area contributed by atoms with Crippen LogP contribution >= 0.6 is 11.7 Å². The second-order valence-corrected chi connectivity index (χ2v) is 6.48. The van der Waals surface area contributed by atoms with E-state index in [-0.39, 0.29) is 0 Å². The van der Waals surface area contributed by atoms with E-state index in [1.165, 1.54) is 61.9 Å². The van der Waals surface area contributed by atoms with Gasteiger partial charge in [0.1, 0.15) is 0 Å². The highest BCUT2D eigenvalue weighted by molar-refractivity contribution is 6.99. The number of unbranched alkanes of at least 4 members (excludes halogenated alkanes) is 1. The molecular formula is C14H23N3S. The van der Waals surface area contributed by atoms with Gasteiger partial charge in [0, 0.05) is 25.0 Å². The van der Waals surface area contributed by atoms with Crippen molar-refractivity contribution in [3.8, 4) is 0 Å². The third kappa shape index (κ3) is 2.21. The Balaban J connectivity index is 1.77. The fraction of sp³-hybridized carbons (Fsp3) is 0.857. The van der Waals surface area contributed by atoms with E-state index in [0.717, 1.165) is 18.4 Å². The fourth-order valence-electron chi connectivity index (χ4n) is 3.52. The number of aryl methyl sites for hydroxylation is 1. The molecule has 0 saturated carbocycles. The molecule has 2 saturated heterocycles. The zero-order valence-corrected chi connectivity index (χ0v) is 12.2. The third-order valence-electron chi connectivity index (χ3n) is 4.75. The molecule has 2 aliphatic rings. The molecule has 3 rings (SSSR count). The summed E-state index contributed by atoms with van der Waals surface area (Å²) in [6, 6.07) is 0.775. The normalized spacial score (nSPS) is 35.0. The van der Waals surface area contributed by atoms with Crippen molar-refractivity contribution >= 4 is 11.7 Å². The molecule has 2 fully saturated rings. The molecule has 0 aromatic carbocycles. The summed E-state index contributed by atoms with van der Waals surface area (Å²) in [7, 11) is 0. The number of fused-ring (bicyclic) bond motifs is 2. The summed E-state index contributed by atoms with van der Waals surface area (Å²) in [5, 5.41) is 0. The highest BCUT2D eigenvalue weighted by atomic mass is 32.1. The van der Waals surface area contributed by atoms with E-state index in [9.17, 15) is 0 Å². The highest BCUT2D eigenvalue weighted by Gasteiger charge is 2.41. The summed E-state index contributed by atoms with van der Waals surface area (Å²) in [4.78, 5) is 2.65. The van der Waals surface area contributed by atoms with Crippen LogP contribution in [0.4, 0.5) is 0 Å². The first-order valence-corrected chi connectivity index (χ1v) is 8.08. The number of nitrogens with zero attached hydrogens (tertiary/aromatic N) is 3. The standard InChI is InChI=1S/C14H23N3S/c1-3-4-5-13-14(16-18-15-13)12-9-17-8-11(12)7-6-10(17)2/h10-12H,3-9H2,1-2H3.